The van der Waals surface area contributed by atoms with Crippen molar-refractivity contribution in [2.75, 3.05) is 7.11 Å². The standard InChI is InChI=1S/C20H20N2O4/c1-3-22-13-15(12-21-22)18(23)11-10-16-8-9-17(26-16)14-25-20-7-5-4-6-19(20)24-2/h4-13H,3,14H2,1-2H3/b11-10+. The summed E-state index contributed by atoms with van der Waals surface area (Å²) in [6.07, 6.45) is 6.39. The van der Waals surface area contributed by atoms with Gasteiger partial charge in [-0.2, -0.15) is 5.10 Å². The van der Waals surface area contributed by atoms with Crippen LogP contribution in [0.1, 0.15) is 28.8 Å². The minimum atomic E-state index is -0.118. The monoisotopic (exact) mass is 352 g/mol. The molecular formula is C20H20N2O4. The minimum Gasteiger partial charge on any atom is -0.493 e. The molecule has 0 aliphatic carbocycles. The molecule has 2 heterocycles. The van der Waals surface area contributed by atoms with Crippen LogP contribution >= 0.6 is 0 Å². The zero-order valence-electron chi connectivity index (χ0n) is 14.7. The van der Waals surface area contributed by atoms with Crippen LogP contribution in [0.3, 0.4) is 0 Å². The first-order valence-electron chi connectivity index (χ1n) is 8.29. The van der Waals surface area contributed by atoms with E-state index in [0.717, 1.165) is 6.54 Å². The van der Waals surface area contributed by atoms with Gasteiger partial charge in [0.05, 0.1) is 18.9 Å². The molecule has 0 spiro atoms. The van der Waals surface area contributed by atoms with Gasteiger partial charge in [0.1, 0.15) is 18.1 Å². The van der Waals surface area contributed by atoms with Crippen LogP contribution < -0.4 is 9.47 Å². The summed E-state index contributed by atoms with van der Waals surface area (Å²) in [6.45, 7) is 2.96. The van der Waals surface area contributed by atoms with E-state index in [0.29, 0.717) is 28.6 Å². The Bertz CT molecular complexity index is 908. The number of carbonyl (C=O) groups is 1. The van der Waals surface area contributed by atoms with Crippen LogP contribution in [-0.2, 0) is 13.2 Å². The summed E-state index contributed by atoms with van der Waals surface area (Å²) in [4.78, 5) is 12.1. The first-order valence-corrected chi connectivity index (χ1v) is 8.29. The highest BCUT2D eigenvalue weighted by atomic mass is 16.5. The molecule has 0 atom stereocenters. The lowest BCUT2D eigenvalue weighted by atomic mass is 10.2. The molecule has 0 unspecified atom stereocenters. The SMILES string of the molecule is CCn1cc(C(=O)/C=C/c2ccc(COc3ccccc3OC)o2)cn1. The molecule has 0 N–H and O–H groups in total. The first kappa shape index (κ1) is 17.5. The average Bonchev–Trinajstić information content (AvgIpc) is 3.34. The average molecular weight is 352 g/mol. The van der Waals surface area contributed by atoms with Crippen LogP contribution in [-0.4, -0.2) is 22.7 Å². The number of hydrogen-bond donors (Lipinski definition) is 0. The normalized spacial score (nSPS) is 11.0. The molecular weight excluding hydrogens is 332 g/mol. The van der Waals surface area contributed by atoms with Crippen LogP contribution in [0.2, 0.25) is 0 Å². The van der Waals surface area contributed by atoms with E-state index in [1.165, 1.54) is 6.08 Å². The van der Waals surface area contributed by atoms with E-state index in [4.69, 9.17) is 13.9 Å². The lowest BCUT2D eigenvalue weighted by Gasteiger charge is -2.08. The molecule has 0 saturated heterocycles. The third-order valence-electron chi connectivity index (χ3n) is 3.76. The summed E-state index contributed by atoms with van der Waals surface area (Å²) in [5.74, 6) is 2.43. The maximum atomic E-state index is 12.1. The fourth-order valence-electron chi connectivity index (χ4n) is 2.37. The number of furan rings is 1. The van der Waals surface area contributed by atoms with Crippen molar-refractivity contribution in [2.24, 2.45) is 0 Å². The summed E-state index contributed by atoms with van der Waals surface area (Å²) in [6, 6.07) is 11.0. The van der Waals surface area contributed by atoms with E-state index in [1.54, 1.807) is 36.3 Å². The molecule has 1 aromatic carbocycles. The number of aryl methyl sites for hydroxylation is 1. The molecule has 0 aliphatic rings. The van der Waals surface area contributed by atoms with E-state index in [1.807, 2.05) is 37.3 Å². The number of para-hydroxylation sites is 2. The van der Waals surface area contributed by atoms with Gasteiger partial charge in [0.15, 0.2) is 17.3 Å². The van der Waals surface area contributed by atoms with E-state index in [9.17, 15) is 4.79 Å². The number of hydrogen-bond acceptors (Lipinski definition) is 5. The van der Waals surface area contributed by atoms with Crippen LogP contribution in [0, 0.1) is 0 Å². The number of methoxy groups -OCH3 is 1. The minimum absolute atomic E-state index is 0.118. The van der Waals surface area contributed by atoms with E-state index >= 15 is 0 Å². The van der Waals surface area contributed by atoms with Crippen molar-refractivity contribution in [3.05, 3.63) is 72.0 Å². The number of nitrogens with zero attached hydrogens (tertiary/aromatic N) is 2. The Morgan fingerprint density at radius 3 is 2.77 bits per heavy atom. The Hall–Kier alpha value is -3.28. The van der Waals surface area contributed by atoms with Gasteiger partial charge < -0.3 is 13.9 Å². The van der Waals surface area contributed by atoms with Gasteiger partial charge in [-0.15, -0.1) is 0 Å². The van der Waals surface area contributed by atoms with Gasteiger partial charge in [0, 0.05) is 12.7 Å². The predicted octanol–water partition coefficient (Wildman–Crippen LogP) is 3.98. The number of ketones is 1. The number of ether oxygens (including phenoxy) is 2. The Morgan fingerprint density at radius 2 is 2.04 bits per heavy atom. The number of benzene rings is 1. The van der Waals surface area contributed by atoms with Crippen molar-refractivity contribution in [3.8, 4) is 11.5 Å². The van der Waals surface area contributed by atoms with Crippen molar-refractivity contribution in [1.29, 1.82) is 0 Å². The van der Waals surface area contributed by atoms with E-state index in [-0.39, 0.29) is 12.4 Å². The molecule has 0 amide bonds. The van der Waals surface area contributed by atoms with Crippen molar-refractivity contribution in [3.63, 3.8) is 0 Å². The quantitative estimate of drug-likeness (QED) is 0.453. The molecule has 0 fully saturated rings. The highest BCUT2D eigenvalue weighted by Crippen LogP contribution is 2.26. The van der Waals surface area contributed by atoms with Crippen LogP contribution in [0.5, 0.6) is 11.5 Å². The molecule has 3 rings (SSSR count). The summed E-state index contributed by atoms with van der Waals surface area (Å²) < 4.78 is 18.3. The van der Waals surface area contributed by atoms with Gasteiger partial charge >= 0.3 is 0 Å². The van der Waals surface area contributed by atoms with Gasteiger partial charge in [-0.3, -0.25) is 9.48 Å². The third kappa shape index (κ3) is 4.22. The zero-order valence-corrected chi connectivity index (χ0v) is 14.7. The Labute approximate surface area is 151 Å². The van der Waals surface area contributed by atoms with Crippen molar-refractivity contribution in [1.82, 2.24) is 9.78 Å². The van der Waals surface area contributed by atoms with Crippen molar-refractivity contribution < 1.29 is 18.7 Å². The Morgan fingerprint density at radius 1 is 1.23 bits per heavy atom. The summed E-state index contributed by atoms with van der Waals surface area (Å²) >= 11 is 0. The van der Waals surface area contributed by atoms with Crippen LogP contribution in [0.25, 0.3) is 6.08 Å². The maximum absolute atomic E-state index is 12.1. The van der Waals surface area contributed by atoms with Gasteiger partial charge in [-0.1, -0.05) is 12.1 Å². The first-order chi connectivity index (χ1) is 12.7. The van der Waals surface area contributed by atoms with Crippen LogP contribution in [0.4, 0.5) is 0 Å². The molecule has 0 aliphatic heterocycles. The Balaban J connectivity index is 1.60. The lowest BCUT2D eigenvalue weighted by Crippen LogP contribution is -1.96. The molecule has 0 saturated carbocycles. The number of carbonyl (C=O) groups excluding carboxylic acids is 1. The zero-order chi connectivity index (χ0) is 18.4. The van der Waals surface area contributed by atoms with Gasteiger partial charge in [-0.05, 0) is 43.3 Å². The smallest absolute Gasteiger partial charge is 0.189 e. The lowest BCUT2D eigenvalue weighted by molar-refractivity contribution is 0.104. The second kappa shape index (κ2) is 8.20. The van der Waals surface area contributed by atoms with Gasteiger partial charge in [-0.25, -0.2) is 0 Å². The molecule has 26 heavy (non-hydrogen) atoms. The highest BCUT2D eigenvalue weighted by molar-refractivity contribution is 6.06. The summed E-state index contributed by atoms with van der Waals surface area (Å²) in [5, 5.41) is 4.09. The fraction of sp³-hybridized carbons (Fsp3) is 0.200. The van der Waals surface area contributed by atoms with E-state index in [2.05, 4.69) is 5.10 Å². The second-order valence-corrected chi connectivity index (χ2v) is 5.53. The molecule has 0 bridgehead atoms. The number of rotatable bonds is 8. The second-order valence-electron chi connectivity index (χ2n) is 5.53. The molecule has 134 valence electrons. The fourth-order valence-corrected chi connectivity index (χ4v) is 2.37. The van der Waals surface area contributed by atoms with Crippen molar-refractivity contribution >= 4 is 11.9 Å². The summed E-state index contributed by atoms with van der Waals surface area (Å²) in [7, 11) is 1.60. The molecule has 3 aromatic rings. The van der Waals surface area contributed by atoms with Crippen LogP contribution in [0.15, 0.2) is 59.3 Å². The number of allylic oxidation sites excluding steroid dienone is 1. The third-order valence-corrected chi connectivity index (χ3v) is 3.76. The maximum Gasteiger partial charge on any atom is 0.189 e. The largest absolute Gasteiger partial charge is 0.493 e. The van der Waals surface area contributed by atoms with E-state index < -0.39 is 0 Å². The number of aromatic nitrogens is 2. The highest BCUT2D eigenvalue weighted by Gasteiger charge is 2.07. The molecule has 0 radical (unpaired) electrons. The predicted molar refractivity (Wildman–Crippen MR) is 97.3 cm³/mol. The molecule has 2 aromatic heterocycles. The Kier molecular flexibility index (Phi) is 5.53. The molecule has 6 heteroatoms. The van der Waals surface area contributed by atoms with Crippen molar-refractivity contribution in [2.45, 2.75) is 20.1 Å². The molecule has 6 nitrogen and oxygen atoms in total. The van der Waals surface area contributed by atoms with Gasteiger partial charge in [0.2, 0.25) is 0 Å². The summed E-state index contributed by atoms with van der Waals surface area (Å²) in [5.41, 5.74) is 0.550. The van der Waals surface area contributed by atoms with Gasteiger partial charge in [0.25, 0.3) is 0 Å². The topological polar surface area (TPSA) is 66.5 Å².